The molecule has 0 radical (unpaired) electrons. The fraction of sp³-hybridized carbons (Fsp3) is 0.600. The van der Waals surface area contributed by atoms with Crippen molar-refractivity contribution in [2.75, 3.05) is 6.61 Å². The maximum Gasteiger partial charge on any atom is 0.229 e. The Morgan fingerprint density at radius 2 is 2.35 bits per heavy atom. The van der Waals surface area contributed by atoms with Crippen LogP contribution in [0, 0.1) is 0 Å². The lowest BCUT2D eigenvalue weighted by Gasteiger charge is -1.92. The molecule has 0 amide bonds. The third-order valence-electron chi connectivity index (χ3n) is 2.67. The number of aromatic nitrogens is 5. The number of hydrogen-bond acceptors (Lipinski definition) is 6. The minimum atomic E-state index is 0.0761. The highest BCUT2D eigenvalue weighted by atomic mass is 16.5. The summed E-state index contributed by atoms with van der Waals surface area (Å²) in [7, 11) is 0. The summed E-state index contributed by atoms with van der Waals surface area (Å²) >= 11 is 0. The summed E-state index contributed by atoms with van der Waals surface area (Å²) in [5.74, 6) is 1.82. The molecule has 7 nitrogen and oxygen atoms in total. The zero-order chi connectivity index (χ0) is 11.7. The predicted molar refractivity (Wildman–Crippen MR) is 56.2 cm³/mol. The Kier molecular flexibility index (Phi) is 2.60. The first-order valence-corrected chi connectivity index (χ1v) is 5.67. The van der Waals surface area contributed by atoms with E-state index in [4.69, 9.17) is 9.63 Å². The van der Waals surface area contributed by atoms with Gasteiger partial charge in [-0.15, -0.1) is 5.10 Å². The molecule has 7 heteroatoms. The van der Waals surface area contributed by atoms with Gasteiger partial charge in [0.2, 0.25) is 5.89 Å². The highest BCUT2D eigenvalue weighted by molar-refractivity contribution is 5.02. The minimum absolute atomic E-state index is 0.0761. The topological polar surface area (TPSA) is 89.9 Å². The Bertz CT molecular complexity index is 502. The van der Waals surface area contributed by atoms with Gasteiger partial charge in [-0.2, -0.15) is 4.98 Å². The Balaban J connectivity index is 1.67. The van der Waals surface area contributed by atoms with Crippen molar-refractivity contribution in [3.8, 4) is 0 Å². The van der Waals surface area contributed by atoms with Crippen molar-refractivity contribution in [1.29, 1.82) is 0 Å². The first-order chi connectivity index (χ1) is 8.35. The van der Waals surface area contributed by atoms with Gasteiger partial charge < -0.3 is 9.63 Å². The van der Waals surface area contributed by atoms with E-state index >= 15 is 0 Å². The van der Waals surface area contributed by atoms with E-state index in [0.717, 1.165) is 24.4 Å². The molecule has 0 unspecified atom stereocenters. The standard InChI is InChI=1S/C10H13N5O2/c16-4-3-8-5-15(14-12-8)6-9-11-10(17-13-9)7-1-2-7/h5,7,16H,1-4,6H2. The smallest absolute Gasteiger partial charge is 0.229 e. The summed E-state index contributed by atoms with van der Waals surface area (Å²) in [6, 6.07) is 0. The largest absolute Gasteiger partial charge is 0.396 e. The molecule has 1 aliphatic rings. The first-order valence-electron chi connectivity index (χ1n) is 5.67. The number of rotatable bonds is 5. The average Bonchev–Trinajstić information content (AvgIpc) is 2.92. The Morgan fingerprint density at radius 1 is 1.47 bits per heavy atom. The fourth-order valence-electron chi connectivity index (χ4n) is 1.62. The third-order valence-corrected chi connectivity index (χ3v) is 2.67. The summed E-state index contributed by atoms with van der Waals surface area (Å²) in [6.45, 7) is 0.529. The van der Waals surface area contributed by atoms with Gasteiger partial charge in [0.15, 0.2) is 5.82 Å². The van der Waals surface area contributed by atoms with Gasteiger partial charge in [0.05, 0.1) is 5.69 Å². The van der Waals surface area contributed by atoms with Crippen LogP contribution in [-0.2, 0) is 13.0 Å². The maximum absolute atomic E-state index is 8.77. The molecule has 0 bridgehead atoms. The van der Waals surface area contributed by atoms with Crippen molar-refractivity contribution in [1.82, 2.24) is 25.1 Å². The van der Waals surface area contributed by atoms with E-state index in [0.29, 0.717) is 24.7 Å². The molecule has 0 aliphatic heterocycles. The molecule has 1 aliphatic carbocycles. The first kappa shape index (κ1) is 10.4. The van der Waals surface area contributed by atoms with Gasteiger partial charge >= 0.3 is 0 Å². The second kappa shape index (κ2) is 4.25. The lowest BCUT2D eigenvalue weighted by molar-refractivity contribution is 0.298. The van der Waals surface area contributed by atoms with Crippen molar-refractivity contribution >= 4 is 0 Å². The van der Waals surface area contributed by atoms with Gasteiger partial charge in [-0.1, -0.05) is 10.4 Å². The molecular weight excluding hydrogens is 222 g/mol. The van der Waals surface area contributed by atoms with E-state index in [1.165, 1.54) is 0 Å². The second-order valence-electron chi connectivity index (χ2n) is 4.20. The lowest BCUT2D eigenvalue weighted by atomic mass is 10.3. The van der Waals surface area contributed by atoms with Gasteiger partial charge in [0.25, 0.3) is 0 Å². The Hall–Kier alpha value is -1.76. The van der Waals surface area contributed by atoms with Crippen LogP contribution < -0.4 is 0 Å². The molecule has 2 heterocycles. The Morgan fingerprint density at radius 3 is 3.12 bits per heavy atom. The van der Waals surface area contributed by atoms with Crippen LogP contribution >= 0.6 is 0 Å². The molecule has 1 saturated carbocycles. The molecule has 0 saturated heterocycles. The van der Waals surface area contributed by atoms with Gasteiger partial charge in [-0.05, 0) is 12.8 Å². The summed E-state index contributed by atoms with van der Waals surface area (Å²) in [5.41, 5.74) is 0.762. The number of nitrogens with zero attached hydrogens (tertiary/aromatic N) is 5. The molecule has 0 aromatic carbocycles. The van der Waals surface area contributed by atoms with E-state index < -0.39 is 0 Å². The average molecular weight is 235 g/mol. The second-order valence-corrected chi connectivity index (χ2v) is 4.20. The van der Waals surface area contributed by atoms with Gasteiger partial charge in [-0.3, -0.25) is 0 Å². The van der Waals surface area contributed by atoms with Gasteiger partial charge in [0, 0.05) is 25.1 Å². The molecule has 1 fully saturated rings. The summed E-state index contributed by atoms with van der Waals surface area (Å²) < 4.78 is 6.80. The minimum Gasteiger partial charge on any atom is -0.396 e. The quantitative estimate of drug-likeness (QED) is 0.791. The number of hydrogen-bond donors (Lipinski definition) is 1. The molecule has 0 atom stereocenters. The van der Waals surface area contributed by atoms with Gasteiger partial charge in [0.1, 0.15) is 6.54 Å². The van der Waals surface area contributed by atoms with Crippen LogP contribution in [0.3, 0.4) is 0 Å². The molecular formula is C10H13N5O2. The normalized spacial score (nSPS) is 15.4. The third kappa shape index (κ3) is 2.33. The van der Waals surface area contributed by atoms with E-state index in [-0.39, 0.29) is 6.61 Å². The van der Waals surface area contributed by atoms with Crippen LogP contribution in [0.4, 0.5) is 0 Å². The van der Waals surface area contributed by atoms with Crippen LogP contribution in [-0.4, -0.2) is 36.8 Å². The van der Waals surface area contributed by atoms with Crippen LogP contribution in [0.1, 0.15) is 36.2 Å². The van der Waals surface area contributed by atoms with Crippen LogP contribution in [0.2, 0.25) is 0 Å². The van der Waals surface area contributed by atoms with Crippen LogP contribution in [0.15, 0.2) is 10.7 Å². The van der Waals surface area contributed by atoms with E-state index in [2.05, 4.69) is 20.5 Å². The maximum atomic E-state index is 8.77. The molecule has 0 spiro atoms. The van der Waals surface area contributed by atoms with E-state index in [1.807, 2.05) is 0 Å². The summed E-state index contributed by atoms with van der Waals surface area (Å²) in [5, 5.41) is 20.5. The van der Waals surface area contributed by atoms with E-state index in [1.54, 1.807) is 10.9 Å². The summed E-state index contributed by atoms with van der Waals surface area (Å²) in [6.07, 6.45) is 4.58. The molecule has 3 rings (SSSR count). The molecule has 2 aromatic heterocycles. The zero-order valence-corrected chi connectivity index (χ0v) is 9.28. The highest BCUT2D eigenvalue weighted by Gasteiger charge is 2.29. The van der Waals surface area contributed by atoms with Gasteiger partial charge in [-0.25, -0.2) is 4.68 Å². The SMILES string of the molecule is OCCc1cn(Cc2noc(C3CC3)n2)nn1. The van der Waals surface area contributed by atoms with Crippen molar-refractivity contribution in [3.63, 3.8) is 0 Å². The fourth-order valence-corrected chi connectivity index (χ4v) is 1.62. The lowest BCUT2D eigenvalue weighted by Crippen LogP contribution is -2.02. The van der Waals surface area contributed by atoms with Crippen molar-refractivity contribution in [2.45, 2.75) is 31.7 Å². The molecule has 17 heavy (non-hydrogen) atoms. The number of aliphatic hydroxyl groups is 1. The Labute approximate surface area is 97.4 Å². The predicted octanol–water partition coefficient (Wildman–Crippen LogP) is 0.122. The van der Waals surface area contributed by atoms with Crippen LogP contribution in [0.25, 0.3) is 0 Å². The van der Waals surface area contributed by atoms with Crippen molar-refractivity contribution in [3.05, 3.63) is 23.6 Å². The summed E-state index contributed by atoms with van der Waals surface area (Å²) in [4.78, 5) is 4.31. The van der Waals surface area contributed by atoms with Crippen molar-refractivity contribution in [2.24, 2.45) is 0 Å². The van der Waals surface area contributed by atoms with Crippen LogP contribution in [0.5, 0.6) is 0 Å². The van der Waals surface area contributed by atoms with E-state index in [9.17, 15) is 0 Å². The monoisotopic (exact) mass is 235 g/mol. The molecule has 2 aromatic rings. The zero-order valence-electron chi connectivity index (χ0n) is 9.28. The molecule has 90 valence electrons. The highest BCUT2D eigenvalue weighted by Crippen LogP contribution is 2.38. The molecule has 1 N–H and O–H groups in total. The number of aliphatic hydroxyl groups excluding tert-OH is 1. The van der Waals surface area contributed by atoms with Crippen molar-refractivity contribution < 1.29 is 9.63 Å².